The molecule has 0 aliphatic carbocycles. The average Bonchev–Trinajstić information content (AvgIpc) is 2.88. The van der Waals surface area contributed by atoms with Gasteiger partial charge >= 0.3 is 0 Å². The molecule has 5 aromatic rings. The van der Waals surface area contributed by atoms with Crippen LogP contribution in [0, 0.1) is 0 Å². The molecule has 0 saturated heterocycles. The first-order valence-electron chi connectivity index (χ1n) is 11.9. The molecule has 6 heteroatoms. The quantitative estimate of drug-likeness (QED) is 0.330. The number of hydrogen-bond acceptors (Lipinski definition) is 4. The molecule has 182 valence electrons. The van der Waals surface area contributed by atoms with Crippen molar-refractivity contribution >= 4 is 21.9 Å². The Hall–Kier alpha value is -4.19. The Kier molecular flexibility index (Phi) is 5.75. The molecule has 0 N–H and O–H groups in total. The van der Waals surface area contributed by atoms with Gasteiger partial charge in [-0.25, -0.2) is 4.98 Å². The van der Waals surface area contributed by atoms with Crippen LogP contribution in [0.5, 0.6) is 5.75 Å². The summed E-state index contributed by atoms with van der Waals surface area (Å²) >= 11 is 0. The molecule has 6 nitrogen and oxygen atoms in total. The van der Waals surface area contributed by atoms with E-state index in [1.54, 1.807) is 17.7 Å². The van der Waals surface area contributed by atoms with Gasteiger partial charge in [0.1, 0.15) is 17.0 Å². The summed E-state index contributed by atoms with van der Waals surface area (Å²) in [7, 11) is 3.46. The fraction of sp³-hybridized carbons (Fsp3) is 0.233. The van der Waals surface area contributed by atoms with Crippen molar-refractivity contribution in [3.8, 4) is 17.1 Å². The summed E-state index contributed by atoms with van der Waals surface area (Å²) in [6.45, 7) is 6.77. The highest BCUT2D eigenvalue weighted by molar-refractivity contribution is 5.91. The first-order chi connectivity index (χ1) is 17.2. The maximum absolute atomic E-state index is 14.0. The van der Waals surface area contributed by atoms with Crippen molar-refractivity contribution < 1.29 is 4.74 Å². The summed E-state index contributed by atoms with van der Waals surface area (Å²) < 4.78 is 8.71. The average molecular weight is 480 g/mol. The van der Waals surface area contributed by atoms with Crippen LogP contribution in [0.4, 0.5) is 0 Å². The van der Waals surface area contributed by atoms with Gasteiger partial charge in [-0.1, -0.05) is 69.3 Å². The Balaban J connectivity index is 1.81. The number of hydrogen-bond donors (Lipinski definition) is 0. The third kappa shape index (κ3) is 3.98. The van der Waals surface area contributed by atoms with Crippen LogP contribution in [0.2, 0.25) is 0 Å². The minimum absolute atomic E-state index is 0.000913. The van der Waals surface area contributed by atoms with Gasteiger partial charge in [-0.3, -0.25) is 14.2 Å². The summed E-state index contributed by atoms with van der Waals surface area (Å²) in [5.74, 6) is 1.26. The number of pyridine rings is 1. The van der Waals surface area contributed by atoms with E-state index in [2.05, 4.69) is 32.9 Å². The minimum Gasteiger partial charge on any atom is -0.497 e. The number of nitrogens with zero attached hydrogens (tertiary/aromatic N) is 3. The molecule has 2 aromatic heterocycles. The highest BCUT2D eigenvalue weighted by Gasteiger charge is 2.20. The van der Waals surface area contributed by atoms with E-state index in [4.69, 9.17) is 9.72 Å². The number of rotatable bonds is 4. The molecular formula is C30H29N3O3. The highest BCUT2D eigenvalue weighted by atomic mass is 16.5. The molecule has 0 bridgehead atoms. The lowest BCUT2D eigenvalue weighted by molar-refractivity contribution is 0.414. The van der Waals surface area contributed by atoms with Gasteiger partial charge in [0.05, 0.1) is 19.2 Å². The summed E-state index contributed by atoms with van der Waals surface area (Å²) in [6, 6.07) is 23.0. The second kappa shape index (κ2) is 8.79. The van der Waals surface area contributed by atoms with Gasteiger partial charge in [-0.15, -0.1) is 0 Å². The molecule has 0 aliphatic heterocycles. The molecule has 0 atom stereocenters. The second-order valence-corrected chi connectivity index (χ2v) is 10.1. The van der Waals surface area contributed by atoms with E-state index in [1.807, 2.05) is 66.2 Å². The molecule has 5 rings (SSSR count). The SMILES string of the molecule is COc1ccc(Cn2c(-c3ccc(C(C)(C)C)cc3)nc3c(c(=O)c4ccccc4n3C)c2=O)cc1. The lowest BCUT2D eigenvalue weighted by atomic mass is 9.86. The normalized spacial score (nSPS) is 11.8. The fourth-order valence-corrected chi connectivity index (χ4v) is 4.59. The Morgan fingerprint density at radius 3 is 2.19 bits per heavy atom. The lowest BCUT2D eigenvalue weighted by Gasteiger charge is -2.20. The van der Waals surface area contributed by atoms with Crippen LogP contribution in [0.3, 0.4) is 0 Å². The maximum Gasteiger partial charge on any atom is 0.267 e. The Morgan fingerprint density at radius 2 is 1.56 bits per heavy atom. The molecule has 0 radical (unpaired) electrons. The van der Waals surface area contributed by atoms with Crippen molar-refractivity contribution in [3.05, 3.63) is 105 Å². The fourth-order valence-electron chi connectivity index (χ4n) is 4.59. The van der Waals surface area contributed by atoms with E-state index in [9.17, 15) is 9.59 Å². The first kappa shape index (κ1) is 23.5. The van der Waals surface area contributed by atoms with E-state index in [1.165, 1.54) is 5.56 Å². The summed E-state index contributed by atoms with van der Waals surface area (Å²) in [6.07, 6.45) is 0. The molecule has 36 heavy (non-hydrogen) atoms. The van der Waals surface area contributed by atoms with Crippen molar-refractivity contribution in [2.24, 2.45) is 7.05 Å². The zero-order valence-electron chi connectivity index (χ0n) is 21.2. The van der Waals surface area contributed by atoms with E-state index in [-0.39, 0.29) is 28.3 Å². The van der Waals surface area contributed by atoms with Crippen molar-refractivity contribution in [3.63, 3.8) is 0 Å². The number of aromatic nitrogens is 3. The maximum atomic E-state index is 14.0. The van der Waals surface area contributed by atoms with Crippen molar-refractivity contribution in [2.45, 2.75) is 32.7 Å². The van der Waals surface area contributed by atoms with E-state index in [0.29, 0.717) is 16.9 Å². The third-order valence-corrected chi connectivity index (χ3v) is 6.71. The standard InChI is InChI=1S/C30H29N3O3/c1-30(2,3)21-14-12-20(13-15-21)27-31-28-25(26(34)23-8-6-7-9-24(23)32(28)4)29(35)33(27)18-19-10-16-22(36-5)17-11-19/h6-17H,18H2,1-5H3. The molecular weight excluding hydrogens is 450 g/mol. The van der Waals surface area contributed by atoms with Crippen LogP contribution >= 0.6 is 0 Å². The van der Waals surface area contributed by atoms with E-state index in [0.717, 1.165) is 22.4 Å². The van der Waals surface area contributed by atoms with Crippen LogP contribution in [0.15, 0.2) is 82.4 Å². The molecule has 2 heterocycles. The lowest BCUT2D eigenvalue weighted by Crippen LogP contribution is -2.29. The second-order valence-electron chi connectivity index (χ2n) is 10.1. The molecule has 0 saturated carbocycles. The summed E-state index contributed by atoms with van der Waals surface area (Å²) in [5.41, 5.74) is 3.38. The number of para-hydroxylation sites is 1. The molecule has 0 spiro atoms. The van der Waals surface area contributed by atoms with Crippen LogP contribution in [-0.2, 0) is 19.0 Å². The topological polar surface area (TPSA) is 66.1 Å². The number of benzene rings is 3. The van der Waals surface area contributed by atoms with Crippen LogP contribution in [0.1, 0.15) is 31.9 Å². The molecule has 0 fully saturated rings. The summed E-state index contributed by atoms with van der Waals surface area (Å²) in [5, 5.41) is 0.601. The number of fused-ring (bicyclic) bond motifs is 2. The van der Waals surface area contributed by atoms with Crippen LogP contribution in [0.25, 0.3) is 33.3 Å². The Bertz CT molecular complexity index is 1710. The van der Waals surface area contributed by atoms with Gasteiger partial charge in [0, 0.05) is 18.0 Å². The van der Waals surface area contributed by atoms with Gasteiger partial charge in [0.25, 0.3) is 5.56 Å². The van der Waals surface area contributed by atoms with Crippen LogP contribution < -0.4 is 15.7 Å². The predicted molar refractivity (Wildman–Crippen MR) is 145 cm³/mol. The monoisotopic (exact) mass is 479 g/mol. The molecule has 3 aromatic carbocycles. The number of ether oxygens (including phenoxy) is 1. The number of methoxy groups -OCH3 is 1. The van der Waals surface area contributed by atoms with Crippen molar-refractivity contribution in [1.29, 1.82) is 0 Å². The number of aryl methyl sites for hydroxylation is 1. The molecule has 0 amide bonds. The largest absolute Gasteiger partial charge is 0.497 e. The van der Waals surface area contributed by atoms with E-state index < -0.39 is 0 Å². The first-order valence-corrected chi connectivity index (χ1v) is 11.9. The zero-order chi connectivity index (χ0) is 25.6. The van der Waals surface area contributed by atoms with Crippen molar-refractivity contribution in [1.82, 2.24) is 14.1 Å². The van der Waals surface area contributed by atoms with Gasteiger partial charge in [-0.05, 0) is 40.8 Å². The van der Waals surface area contributed by atoms with Gasteiger partial charge < -0.3 is 9.30 Å². The third-order valence-electron chi connectivity index (χ3n) is 6.71. The van der Waals surface area contributed by atoms with E-state index >= 15 is 0 Å². The van der Waals surface area contributed by atoms with Crippen LogP contribution in [-0.4, -0.2) is 21.2 Å². The Labute approximate surface area is 209 Å². The van der Waals surface area contributed by atoms with Gasteiger partial charge in [0.2, 0.25) is 5.43 Å². The Morgan fingerprint density at radius 1 is 0.889 bits per heavy atom. The smallest absolute Gasteiger partial charge is 0.267 e. The van der Waals surface area contributed by atoms with Gasteiger partial charge in [-0.2, -0.15) is 0 Å². The minimum atomic E-state index is -0.350. The predicted octanol–water partition coefficient (Wildman–Crippen LogP) is 5.27. The summed E-state index contributed by atoms with van der Waals surface area (Å²) in [4.78, 5) is 32.4. The van der Waals surface area contributed by atoms with Gasteiger partial charge in [0.15, 0.2) is 5.65 Å². The molecule has 0 unspecified atom stereocenters. The zero-order valence-corrected chi connectivity index (χ0v) is 21.2. The molecule has 0 aliphatic rings. The van der Waals surface area contributed by atoms with Crippen molar-refractivity contribution in [2.75, 3.05) is 7.11 Å². The highest BCUT2D eigenvalue weighted by Crippen LogP contribution is 2.26.